The summed E-state index contributed by atoms with van der Waals surface area (Å²) in [5.41, 5.74) is 5.32. The van der Waals surface area contributed by atoms with Crippen molar-refractivity contribution in [2.45, 2.75) is 168 Å². The Kier molecular flexibility index (Phi) is 21.5. The van der Waals surface area contributed by atoms with Crippen LogP contribution in [0.2, 0.25) is 0 Å². The first-order valence-corrected chi connectivity index (χ1v) is 20.2. The summed E-state index contributed by atoms with van der Waals surface area (Å²) < 4.78 is 11.8. The Morgan fingerprint density at radius 1 is 0.510 bits per heavy atom. The van der Waals surface area contributed by atoms with Gasteiger partial charge in [0, 0.05) is 6.61 Å². The molecular formula is C46H68O3. The van der Waals surface area contributed by atoms with E-state index in [4.69, 9.17) is 9.47 Å². The van der Waals surface area contributed by atoms with Crippen LogP contribution in [0.3, 0.4) is 0 Å². The number of unbranched alkanes of at least 4 members (excludes halogenated alkanes) is 19. The molecule has 270 valence electrons. The van der Waals surface area contributed by atoms with Gasteiger partial charge in [0.15, 0.2) is 0 Å². The number of carbonyl (C=O) groups excluding carboxylic acids is 1. The Labute approximate surface area is 300 Å². The van der Waals surface area contributed by atoms with Crippen LogP contribution < -0.4 is 4.74 Å². The van der Waals surface area contributed by atoms with Crippen molar-refractivity contribution >= 4 is 5.97 Å². The van der Waals surface area contributed by atoms with Gasteiger partial charge >= 0.3 is 5.97 Å². The van der Waals surface area contributed by atoms with Crippen LogP contribution >= 0.6 is 0 Å². The molecule has 0 saturated heterocycles. The monoisotopic (exact) mass is 669 g/mol. The van der Waals surface area contributed by atoms with Gasteiger partial charge in [-0.1, -0.05) is 184 Å². The maximum atomic E-state index is 12.8. The molecule has 3 rings (SSSR count). The van der Waals surface area contributed by atoms with Crippen LogP contribution in [0.1, 0.15) is 183 Å². The molecule has 3 aromatic rings. The topological polar surface area (TPSA) is 35.5 Å². The van der Waals surface area contributed by atoms with Crippen molar-refractivity contribution in [3.63, 3.8) is 0 Å². The highest BCUT2D eigenvalue weighted by Crippen LogP contribution is 2.24. The fourth-order valence-electron chi connectivity index (χ4n) is 6.57. The summed E-state index contributed by atoms with van der Waals surface area (Å²) in [6, 6.07) is 24.3. The molecule has 0 aliphatic carbocycles. The summed E-state index contributed by atoms with van der Waals surface area (Å²) in [7, 11) is 0. The van der Waals surface area contributed by atoms with Crippen LogP contribution in [0.15, 0.2) is 72.8 Å². The van der Waals surface area contributed by atoms with E-state index >= 15 is 0 Å². The predicted octanol–water partition coefficient (Wildman–Crippen LogP) is 14.4. The molecule has 0 spiro atoms. The van der Waals surface area contributed by atoms with Crippen molar-refractivity contribution in [1.29, 1.82) is 0 Å². The van der Waals surface area contributed by atoms with E-state index < -0.39 is 0 Å². The zero-order valence-corrected chi connectivity index (χ0v) is 31.5. The molecule has 0 bridgehead atoms. The van der Waals surface area contributed by atoms with E-state index in [1.807, 2.05) is 48.5 Å². The molecule has 3 aromatic carbocycles. The lowest BCUT2D eigenvalue weighted by molar-refractivity contribution is 0.0627. The molecule has 0 amide bonds. The van der Waals surface area contributed by atoms with Crippen molar-refractivity contribution < 1.29 is 14.3 Å². The van der Waals surface area contributed by atoms with Crippen LogP contribution in [0.25, 0.3) is 11.1 Å². The smallest absolute Gasteiger partial charge is 0.343 e. The van der Waals surface area contributed by atoms with Gasteiger partial charge in [-0.2, -0.15) is 0 Å². The van der Waals surface area contributed by atoms with Crippen molar-refractivity contribution in [3.05, 3.63) is 89.5 Å². The summed E-state index contributed by atoms with van der Waals surface area (Å²) >= 11 is 0. The lowest BCUT2D eigenvalue weighted by atomic mass is 10.00. The Hall–Kier alpha value is -2.91. The molecule has 0 heterocycles. The molecule has 1 atom stereocenters. The highest BCUT2D eigenvalue weighted by atomic mass is 16.5. The first kappa shape index (κ1) is 40.5. The van der Waals surface area contributed by atoms with Gasteiger partial charge in [0.05, 0.1) is 11.7 Å². The summed E-state index contributed by atoms with van der Waals surface area (Å²) in [5.74, 6) is 0.208. The van der Waals surface area contributed by atoms with Gasteiger partial charge in [-0.15, -0.1) is 0 Å². The van der Waals surface area contributed by atoms with E-state index in [2.05, 4.69) is 45.0 Å². The summed E-state index contributed by atoms with van der Waals surface area (Å²) in [6.45, 7) is 7.43. The molecule has 49 heavy (non-hydrogen) atoms. The second-order valence-electron chi connectivity index (χ2n) is 14.2. The van der Waals surface area contributed by atoms with Crippen LogP contribution in [-0.4, -0.2) is 12.6 Å². The van der Waals surface area contributed by atoms with Crippen molar-refractivity contribution in [1.82, 2.24) is 0 Å². The minimum atomic E-state index is -0.341. The van der Waals surface area contributed by atoms with Gasteiger partial charge in [-0.25, -0.2) is 4.79 Å². The number of benzene rings is 3. The summed E-state index contributed by atoms with van der Waals surface area (Å²) in [6.07, 6.45) is 29.6. The lowest BCUT2D eigenvalue weighted by Gasteiger charge is -2.14. The normalized spacial score (nSPS) is 11.9. The number of aryl methyl sites for hydroxylation is 1. The third-order valence-corrected chi connectivity index (χ3v) is 9.90. The highest BCUT2D eigenvalue weighted by Gasteiger charge is 2.11. The molecule has 0 aliphatic heterocycles. The fourth-order valence-corrected chi connectivity index (χ4v) is 6.57. The maximum absolute atomic E-state index is 12.8. The van der Waals surface area contributed by atoms with Gasteiger partial charge in [-0.3, -0.25) is 0 Å². The molecule has 3 nitrogen and oxygen atoms in total. The molecule has 0 N–H and O–H groups in total. The van der Waals surface area contributed by atoms with Gasteiger partial charge in [0.2, 0.25) is 0 Å². The number of carbonyl (C=O) groups is 1. The molecule has 0 aliphatic rings. The van der Waals surface area contributed by atoms with Crippen LogP contribution in [0.5, 0.6) is 5.75 Å². The average molecular weight is 669 g/mol. The average Bonchev–Trinajstić information content (AvgIpc) is 3.13. The van der Waals surface area contributed by atoms with Gasteiger partial charge in [0.1, 0.15) is 5.75 Å². The van der Waals surface area contributed by atoms with E-state index in [1.165, 1.54) is 140 Å². The summed E-state index contributed by atoms with van der Waals surface area (Å²) in [4.78, 5) is 12.8. The third-order valence-electron chi connectivity index (χ3n) is 9.90. The maximum Gasteiger partial charge on any atom is 0.343 e. The molecule has 3 heteroatoms. The van der Waals surface area contributed by atoms with Gasteiger partial charge in [-0.05, 0) is 72.7 Å². The van der Waals surface area contributed by atoms with Gasteiger partial charge < -0.3 is 9.47 Å². The lowest BCUT2D eigenvalue weighted by Crippen LogP contribution is -2.08. The van der Waals surface area contributed by atoms with E-state index in [0.29, 0.717) is 11.3 Å². The second kappa shape index (κ2) is 26.0. The zero-order chi connectivity index (χ0) is 34.8. The molecular weight excluding hydrogens is 601 g/mol. The molecule has 0 saturated carbocycles. The Balaban J connectivity index is 1.26. The Morgan fingerprint density at radius 2 is 0.939 bits per heavy atom. The van der Waals surface area contributed by atoms with Crippen molar-refractivity contribution in [2.75, 3.05) is 6.61 Å². The predicted molar refractivity (Wildman–Crippen MR) is 210 cm³/mol. The van der Waals surface area contributed by atoms with E-state index in [9.17, 15) is 4.79 Å². The molecule has 1 unspecified atom stereocenters. The first-order chi connectivity index (χ1) is 24.1. The number of hydrogen-bond donors (Lipinski definition) is 0. The quantitative estimate of drug-likeness (QED) is 0.0439. The van der Waals surface area contributed by atoms with Crippen molar-refractivity contribution in [2.24, 2.45) is 0 Å². The van der Waals surface area contributed by atoms with E-state index in [1.54, 1.807) is 0 Å². The van der Waals surface area contributed by atoms with Crippen molar-refractivity contribution in [3.8, 4) is 16.9 Å². The highest BCUT2D eigenvalue weighted by molar-refractivity contribution is 5.91. The molecule has 0 radical (unpaired) electrons. The fraction of sp³-hybridized carbons (Fsp3) is 0.587. The summed E-state index contributed by atoms with van der Waals surface area (Å²) in [5, 5.41) is 0. The number of rotatable bonds is 28. The largest absolute Gasteiger partial charge is 0.423 e. The van der Waals surface area contributed by atoms with Gasteiger partial charge in [0.25, 0.3) is 0 Å². The first-order valence-electron chi connectivity index (χ1n) is 20.2. The number of hydrogen-bond acceptors (Lipinski definition) is 3. The minimum absolute atomic E-state index is 0.0219. The Bertz CT molecular complexity index is 1230. The van der Waals surface area contributed by atoms with Crippen LogP contribution in [-0.2, 0) is 11.2 Å². The minimum Gasteiger partial charge on any atom is -0.423 e. The zero-order valence-electron chi connectivity index (χ0n) is 31.5. The number of esters is 1. The number of ether oxygens (including phenoxy) is 2. The Morgan fingerprint density at radius 3 is 1.43 bits per heavy atom. The standard InChI is InChI=1S/C46H68O3/c1-4-6-8-10-12-13-14-15-16-17-18-20-22-24-38-48-39(3)41-34-36-45(37-35-41)49-46(47)44-32-30-43(31-33-44)42-28-26-40(27-29-42)25-23-21-19-11-9-7-5-2/h26-37,39H,4-25,38H2,1-3H3. The van der Waals surface area contributed by atoms with E-state index in [0.717, 1.165) is 30.6 Å². The SMILES string of the molecule is CCCCCCCCCCCCCCCCOC(C)c1ccc(OC(=O)c2ccc(-c3ccc(CCCCCCCCC)cc3)cc2)cc1. The molecule has 0 aromatic heterocycles. The second-order valence-corrected chi connectivity index (χ2v) is 14.2. The third kappa shape index (κ3) is 17.5. The van der Waals surface area contributed by atoms with Crippen LogP contribution in [0.4, 0.5) is 0 Å². The van der Waals surface area contributed by atoms with E-state index in [-0.39, 0.29) is 12.1 Å². The van der Waals surface area contributed by atoms with Crippen LogP contribution in [0, 0.1) is 0 Å². The molecule has 0 fully saturated rings.